The number of carbonyl (C=O) groups is 1. The average Bonchev–Trinajstić information content (AvgIpc) is 3.28. The summed E-state index contributed by atoms with van der Waals surface area (Å²) in [7, 11) is 1.67. The van der Waals surface area contributed by atoms with E-state index in [-0.39, 0.29) is 12.1 Å². The molecule has 134 valence electrons. The molecular formula is C18H24N4O2S. The molecule has 2 amide bonds. The Balaban J connectivity index is 1.63. The number of anilines is 1. The highest BCUT2D eigenvalue weighted by atomic mass is 32.1. The summed E-state index contributed by atoms with van der Waals surface area (Å²) in [5.74, 6) is 0.841. The molecule has 0 spiro atoms. The first-order valence-electron chi connectivity index (χ1n) is 8.50. The van der Waals surface area contributed by atoms with Crippen LogP contribution in [0, 0.1) is 6.92 Å². The normalized spacial score (nSPS) is 15.8. The number of amides is 2. The van der Waals surface area contributed by atoms with Crippen molar-refractivity contribution in [1.82, 2.24) is 15.2 Å². The summed E-state index contributed by atoms with van der Waals surface area (Å²) >= 11 is 1.43. The van der Waals surface area contributed by atoms with E-state index in [2.05, 4.69) is 32.7 Å². The van der Waals surface area contributed by atoms with Gasteiger partial charge >= 0.3 is 6.03 Å². The van der Waals surface area contributed by atoms with Crippen LogP contribution in [0.3, 0.4) is 0 Å². The number of nitrogens with zero attached hydrogens (tertiary/aromatic N) is 2. The minimum atomic E-state index is -0.216. The molecule has 2 heterocycles. The predicted octanol–water partition coefficient (Wildman–Crippen LogP) is 3.42. The van der Waals surface area contributed by atoms with Gasteiger partial charge in [0.1, 0.15) is 5.75 Å². The molecule has 2 aromatic rings. The number of likely N-dealkylation sites (tertiary alicyclic amines) is 1. The zero-order valence-corrected chi connectivity index (χ0v) is 15.4. The van der Waals surface area contributed by atoms with Gasteiger partial charge in [-0.3, -0.25) is 10.2 Å². The molecule has 1 aliphatic rings. The highest BCUT2D eigenvalue weighted by Gasteiger charge is 2.24. The van der Waals surface area contributed by atoms with Crippen molar-refractivity contribution >= 4 is 22.5 Å². The van der Waals surface area contributed by atoms with Crippen molar-refractivity contribution in [1.29, 1.82) is 0 Å². The van der Waals surface area contributed by atoms with E-state index in [9.17, 15) is 4.79 Å². The van der Waals surface area contributed by atoms with Gasteiger partial charge in [0, 0.05) is 11.9 Å². The molecule has 1 aromatic heterocycles. The molecule has 7 heteroatoms. The molecule has 1 unspecified atom stereocenters. The first-order valence-corrected chi connectivity index (χ1v) is 9.38. The number of hydrogen-bond donors (Lipinski definition) is 2. The smallest absolute Gasteiger partial charge is 0.321 e. The van der Waals surface area contributed by atoms with Gasteiger partial charge in [0.05, 0.1) is 18.8 Å². The molecule has 6 nitrogen and oxygen atoms in total. The van der Waals surface area contributed by atoms with Crippen molar-refractivity contribution in [2.45, 2.75) is 25.8 Å². The molecule has 1 atom stereocenters. The summed E-state index contributed by atoms with van der Waals surface area (Å²) in [5, 5.41) is 8.32. The number of urea groups is 1. The van der Waals surface area contributed by atoms with Crippen LogP contribution in [0.25, 0.3) is 0 Å². The zero-order chi connectivity index (χ0) is 17.6. The summed E-state index contributed by atoms with van der Waals surface area (Å²) in [6.07, 6.45) is 2.41. The van der Waals surface area contributed by atoms with E-state index >= 15 is 0 Å². The number of rotatable bonds is 6. The highest BCUT2D eigenvalue weighted by Crippen LogP contribution is 2.26. The summed E-state index contributed by atoms with van der Waals surface area (Å²) in [6, 6.07) is 8.04. The Bertz CT molecular complexity index is 695. The Morgan fingerprint density at radius 2 is 2.04 bits per heavy atom. The maximum atomic E-state index is 12.2. The summed E-state index contributed by atoms with van der Waals surface area (Å²) in [5.41, 5.74) is 2.10. The molecule has 25 heavy (non-hydrogen) atoms. The Morgan fingerprint density at radius 3 is 2.64 bits per heavy atom. The molecule has 1 aromatic carbocycles. The fourth-order valence-electron chi connectivity index (χ4n) is 3.08. The highest BCUT2D eigenvalue weighted by molar-refractivity contribution is 7.13. The molecule has 1 fully saturated rings. The van der Waals surface area contributed by atoms with Gasteiger partial charge in [-0.1, -0.05) is 12.1 Å². The molecule has 2 N–H and O–H groups in total. The Morgan fingerprint density at radius 1 is 1.32 bits per heavy atom. The fourth-order valence-corrected chi connectivity index (χ4v) is 3.76. The number of aromatic nitrogens is 1. The van der Waals surface area contributed by atoms with E-state index in [1.54, 1.807) is 7.11 Å². The van der Waals surface area contributed by atoms with Gasteiger partial charge in [-0.15, -0.1) is 11.3 Å². The maximum absolute atomic E-state index is 12.2. The molecule has 0 saturated carbocycles. The van der Waals surface area contributed by atoms with Crippen molar-refractivity contribution in [3.8, 4) is 5.75 Å². The molecule has 0 aliphatic carbocycles. The van der Waals surface area contributed by atoms with Crippen LogP contribution >= 0.6 is 11.3 Å². The van der Waals surface area contributed by atoms with Gasteiger partial charge in [0.15, 0.2) is 5.13 Å². The number of nitrogens with one attached hydrogen (secondary N) is 2. The minimum absolute atomic E-state index is 0.164. The standard InChI is InChI=1S/C18H24N4O2S/c1-13-12-25-18(20-13)21-17(23)19-11-16(22-9-3-4-10-22)14-5-7-15(24-2)8-6-14/h5-8,12,16H,3-4,9-11H2,1-2H3,(H2,19,20,21,23). The van der Waals surface area contributed by atoms with Crippen LogP contribution in [0.1, 0.15) is 30.1 Å². The van der Waals surface area contributed by atoms with Crippen LogP contribution < -0.4 is 15.4 Å². The van der Waals surface area contributed by atoms with E-state index in [4.69, 9.17) is 4.74 Å². The number of benzene rings is 1. The largest absolute Gasteiger partial charge is 0.497 e. The van der Waals surface area contributed by atoms with Gasteiger partial charge in [-0.05, 0) is 50.6 Å². The lowest BCUT2D eigenvalue weighted by atomic mass is 10.1. The molecule has 1 saturated heterocycles. The van der Waals surface area contributed by atoms with Crippen molar-refractivity contribution < 1.29 is 9.53 Å². The Kier molecular flexibility index (Phi) is 5.88. The Hall–Kier alpha value is -2.12. The number of thiazole rings is 1. The second-order valence-electron chi connectivity index (χ2n) is 6.16. The molecule has 1 aliphatic heterocycles. The first kappa shape index (κ1) is 17.7. The Labute approximate surface area is 152 Å². The summed E-state index contributed by atoms with van der Waals surface area (Å²) in [6.45, 7) is 4.59. The molecule has 0 radical (unpaired) electrons. The summed E-state index contributed by atoms with van der Waals surface area (Å²) in [4.78, 5) is 18.9. The van der Waals surface area contributed by atoms with Gasteiger partial charge in [-0.2, -0.15) is 0 Å². The topological polar surface area (TPSA) is 66.5 Å². The molecular weight excluding hydrogens is 336 g/mol. The SMILES string of the molecule is COc1ccc(C(CNC(=O)Nc2nc(C)cs2)N2CCCC2)cc1. The van der Waals surface area contributed by atoms with Crippen molar-refractivity contribution in [2.24, 2.45) is 0 Å². The molecule has 0 bridgehead atoms. The minimum Gasteiger partial charge on any atom is -0.497 e. The third-order valence-corrected chi connectivity index (χ3v) is 5.25. The lowest BCUT2D eigenvalue weighted by molar-refractivity contribution is 0.227. The number of hydrogen-bond acceptors (Lipinski definition) is 5. The lowest BCUT2D eigenvalue weighted by Crippen LogP contribution is -2.38. The van der Waals surface area contributed by atoms with E-state index in [1.165, 1.54) is 29.7 Å². The van der Waals surface area contributed by atoms with Gasteiger partial charge < -0.3 is 10.1 Å². The van der Waals surface area contributed by atoms with E-state index in [0.29, 0.717) is 11.7 Å². The maximum Gasteiger partial charge on any atom is 0.321 e. The first-order chi connectivity index (χ1) is 12.2. The zero-order valence-electron chi connectivity index (χ0n) is 14.6. The summed E-state index contributed by atoms with van der Waals surface area (Å²) < 4.78 is 5.24. The fraction of sp³-hybridized carbons (Fsp3) is 0.444. The predicted molar refractivity (Wildman–Crippen MR) is 100 cm³/mol. The van der Waals surface area contributed by atoms with Crippen LogP contribution in [0.4, 0.5) is 9.93 Å². The van der Waals surface area contributed by atoms with Crippen molar-refractivity contribution in [3.63, 3.8) is 0 Å². The quantitative estimate of drug-likeness (QED) is 0.828. The van der Waals surface area contributed by atoms with Crippen LogP contribution in [-0.4, -0.2) is 42.7 Å². The second kappa shape index (κ2) is 8.31. The number of carbonyl (C=O) groups excluding carboxylic acids is 1. The average molecular weight is 360 g/mol. The van der Waals surface area contributed by atoms with Crippen LogP contribution in [-0.2, 0) is 0 Å². The lowest BCUT2D eigenvalue weighted by Gasteiger charge is -2.28. The molecule has 3 rings (SSSR count). The van der Waals surface area contributed by atoms with Crippen molar-refractivity contribution in [2.75, 3.05) is 32.1 Å². The van der Waals surface area contributed by atoms with Crippen LogP contribution in [0.5, 0.6) is 5.75 Å². The van der Waals surface area contributed by atoms with Crippen molar-refractivity contribution in [3.05, 3.63) is 40.9 Å². The van der Waals surface area contributed by atoms with Gasteiger partial charge in [0.2, 0.25) is 0 Å². The van der Waals surface area contributed by atoms with Gasteiger partial charge in [0.25, 0.3) is 0 Å². The van der Waals surface area contributed by atoms with Crippen LogP contribution in [0.2, 0.25) is 0 Å². The number of ether oxygens (including phenoxy) is 1. The monoisotopic (exact) mass is 360 g/mol. The number of methoxy groups -OCH3 is 1. The third kappa shape index (κ3) is 4.70. The third-order valence-electron chi connectivity index (χ3n) is 4.38. The van der Waals surface area contributed by atoms with E-state index in [0.717, 1.165) is 24.5 Å². The van der Waals surface area contributed by atoms with E-state index in [1.807, 2.05) is 24.4 Å². The van der Waals surface area contributed by atoms with E-state index < -0.39 is 0 Å². The van der Waals surface area contributed by atoms with Gasteiger partial charge in [-0.25, -0.2) is 9.78 Å². The number of aryl methyl sites for hydroxylation is 1. The van der Waals surface area contributed by atoms with Crippen LogP contribution in [0.15, 0.2) is 29.6 Å². The second-order valence-corrected chi connectivity index (χ2v) is 7.02.